The van der Waals surface area contributed by atoms with E-state index in [0.717, 1.165) is 27.8 Å². The fourth-order valence-electron chi connectivity index (χ4n) is 4.52. The lowest BCUT2D eigenvalue weighted by Crippen LogP contribution is -2.37. The van der Waals surface area contributed by atoms with Crippen LogP contribution < -0.4 is 10.9 Å². The summed E-state index contributed by atoms with van der Waals surface area (Å²) in [5.41, 5.74) is 5.39. The molecular formula is C24H17N5O. The predicted molar refractivity (Wildman–Crippen MR) is 116 cm³/mol. The van der Waals surface area contributed by atoms with E-state index in [1.54, 1.807) is 0 Å². The van der Waals surface area contributed by atoms with Crippen molar-refractivity contribution in [3.05, 3.63) is 112 Å². The zero-order valence-electron chi connectivity index (χ0n) is 15.9. The number of fused-ring (bicyclic) bond motifs is 4. The maximum Gasteiger partial charge on any atom is 0.278 e. The number of aromatic nitrogens is 4. The van der Waals surface area contributed by atoms with Crippen molar-refractivity contribution in [1.29, 1.82) is 0 Å². The molecule has 1 aliphatic carbocycles. The molecule has 0 saturated heterocycles. The third-order valence-corrected chi connectivity index (χ3v) is 5.76. The number of hydrogen-bond acceptors (Lipinski definition) is 4. The summed E-state index contributed by atoms with van der Waals surface area (Å²) in [6, 6.07) is 26.9. The van der Waals surface area contributed by atoms with Crippen LogP contribution in [0.5, 0.6) is 0 Å². The molecule has 144 valence electrons. The van der Waals surface area contributed by atoms with Crippen LogP contribution in [0.3, 0.4) is 0 Å². The van der Waals surface area contributed by atoms with E-state index in [4.69, 9.17) is 0 Å². The molecule has 2 heterocycles. The van der Waals surface area contributed by atoms with Crippen LogP contribution in [0.25, 0.3) is 22.3 Å². The molecule has 5 aromatic rings. The molecule has 0 unspecified atom stereocenters. The Morgan fingerprint density at radius 3 is 2.13 bits per heavy atom. The van der Waals surface area contributed by atoms with E-state index in [1.165, 1.54) is 6.33 Å². The van der Waals surface area contributed by atoms with Gasteiger partial charge in [0.1, 0.15) is 5.54 Å². The first kappa shape index (κ1) is 16.7. The van der Waals surface area contributed by atoms with Gasteiger partial charge >= 0.3 is 0 Å². The Hall–Kier alpha value is -4.19. The minimum Gasteiger partial charge on any atom is -0.339 e. The van der Waals surface area contributed by atoms with Gasteiger partial charge in [0, 0.05) is 0 Å². The van der Waals surface area contributed by atoms with Crippen LogP contribution >= 0.6 is 0 Å². The molecule has 0 spiro atoms. The summed E-state index contributed by atoms with van der Waals surface area (Å²) in [5, 5.41) is 3.59. The summed E-state index contributed by atoms with van der Waals surface area (Å²) in [6.45, 7) is 0. The average molecular weight is 391 g/mol. The highest BCUT2D eigenvalue weighted by molar-refractivity contribution is 5.85. The van der Waals surface area contributed by atoms with E-state index in [1.807, 2.05) is 42.5 Å². The molecule has 30 heavy (non-hydrogen) atoms. The van der Waals surface area contributed by atoms with E-state index in [-0.39, 0.29) is 5.56 Å². The highest BCUT2D eigenvalue weighted by Gasteiger charge is 2.45. The van der Waals surface area contributed by atoms with E-state index < -0.39 is 5.54 Å². The van der Waals surface area contributed by atoms with Gasteiger partial charge in [0.15, 0.2) is 11.2 Å². The van der Waals surface area contributed by atoms with Gasteiger partial charge in [-0.2, -0.15) is 4.98 Å². The largest absolute Gasteiger partial charge is 0.339 e. The van der Waals surface area contributed by atoms with E-state index in [9.17, 15) is 4.79 Å². The molecule has 0 amide bonds. The van der Waals surface area contributed by atoms with Crippen LogP contribution in [0.1, 0.15) is 16.7 Å². The number of hydrogen-bond donors (Lipinski definition) is 3. The summed E-state index contributed by atoms with van der Waals surface area (Å²) in [6.07, 6.45) is 1.48. The van der Waals surface area contributed by atoms with Gasteiger partial charge in [-0.3, -0.25) is 9.78 Å². The van der Waals surface area contributed by atoms with Crippen molar-refractivity contribution in [2.75, 3.05) is 5.32 Å². The maximum absolute atomic E-state index is 12.6. The molecule has 3 aromatic carbocycles. The SMILES string of the molecule is O=c1[nH]c(NC2(c3ccccc3)c3ccccc3-c3ccccc32)nc2nc[nH]c12. The summed E-state index contributed by atoms with van der Waals surface area (Å²) in [7, 11) is 0. The Bertz CT molecular complexity index is 1410. The lowest BCUT2D eigenvalue weighted by Gasteiger charge is -2.34. The molecule has 1 aliphatic rings. The van der Waals surface area contributed by atoms with Crippen molar-refractivity contribution in [3.63, 3.8) is 0 Å². The van der Waals surface area contributed by atoms with Crippen LogP contribution in [-0.4, -0.2) is 19.9 Å². The molecule has 6 heteroatoms. The molecule has 0 saturated carbocycles. The van der Waals surface area contributed by atoms with Crippen LogP contribution in [-0.2, 0) is 5.54 Å². The summed E-state index contributed by atoms with van der Waals surface area (Å²) >= 11 is 0. The second-order valence-electron chi connectivity index (χ2n) is 7.35. The summed E-state index contributed by atoms with van der Waals surface area (Å²) in [4.78, 5) is 27.0. The monoisotopic (exact) mass is 391 g/mol. The van der Waals surface area contributed by atoms with Gasteiger partial charge in [0.2, 0.25) is 5.95 Å². The van der Waals surface area contributed by atoms with Crippen LogP contribution in [0.4, 0.5) is 5.95 Å². The molecular weight excluding hydrogens is 374 g/mol. The molecule has 0 aliphatic heterocycles. The van der Waals surface area contributed by atoms with Crippen molar-refractivity contribution in [3.8, 4) is 11.1 Å². The fraction of sp³-hybridized carbons (Fsp3) is 0.0417. The van der Waals surface area contributed by atoms with Gasteiger partial charge < -0.3 is 10.3 Å². The Kier molecular flexibility index (Phi) is 3.43. The zero-order valence-corrected chi connectivity index (χ0v) is 15.9. The minimum atomic E-state index is -0.700. The molecule has 0 radical (unpaired) electrons. The Morgan fingerprint density at radius 2 is 1.43 bits per heavy atom. The molecule has 6 rings (SSSR count). The van der Waals surface area contributed by atoms with Gasteiger partial charge in [-0.05, 0) is 27.8 Å². The topological polar surface area (TPSA) is 86.5 Å². The molecule has 0 bridgehead atoms. The summed E-state index contributed by atoms with van der Waals surface area (Å²) in [5.74, 6) is 0.370. The molecule has 0 fully saturated rings. The second-order valence-corrected chi connectivity index (χ2v) is 7.35. The number of benzene rings is 3. The fourth-order valence-corrected chi connectivity index (χ4v) is 4.52. The zero-order chi connectivity index (χ0) is 20.1. The van der Waals surface area contributed by atoms with Crippen molar-refractivity contribution < 1.29 is 0 Å². The number of nitrogens with one attached hydrogen (secondary N) is 3. The average Bonchev–Trinajstić information content (AvgIpc) is 3.37. The van der Waals surface area contributed by atoms with Crippen molar-refractivity contribution >= 4 is 17.1 Å². The number of rotatable bonds is 3. The van der Waals surface area contributed by atoms with E-state index in [2.05, 4.69) is 61.7 Å². The maximum atomic E-state index is 12.6. The predicted octanol–water partition coefficient (Wildman–Crippen LogP) is 4.03. The van der Waals surface area contributed by atoms with Crippen LogP contribution in [0, 0.1) is 0 Å². The van der Waals surface area contributed by atoms with Crippen LogP contribution in [0.15, 0.2) is 90.0 Å². The number of imidazole rings is 1. The van der Waals surface area contributed by atoms with Gasteiger partial charge in [0.05, 0.1) is 6.33 Å². The summed E-state index contributed by atoms with van der Waals surface area (Å²) < 4.78 is 0. The van der Waals surface area contributed by atoms with Crippen molar-refractivity contribution in [1.82, 2.24) is 19.9 Å². The Balaban J connectivity index is 1.67. The first-order chi connectivity index (χ1) is 14.8. The van der Waals surface area contributed by atoms with E-state index in [0.29, 0.717) is 17.1 Å². The molecule has 2 aromatic heterocycles. The number of aromatic amines is 2. The van der Waals surface area contributed by atoms with E-state index >= 15 is 0 Å². The first-order valence-corrected chi connectivity index (χ1v) is 9.74. The Labute approximate surface area is 171 Å². The third-order valence-electron chi connectivity index (χ3n) is 5.76. The number of nitrogens with zero attached hydrogens (tertiary/aromatic N) is 2. The highest BCUT2D eigenvalue weighted by atomic mass is 16.1. The van der Waals surface area contributed by atoms with Gasteiger partial charge in [-0.25, -0.2) is 4.98 Å². The lowest BCUT2D eigenvalue weighted by molar-refractivity contribution is 0.721. The second kappa shape index (κ2) is 6.15. The lowest BCUT2D eigenvalue weighted by atomic mass is 9.80. The normalized spacial score (nSPS) is 13.7. The van der Waals surface area contributed by atoms with Crippen molar-refractivity contribution in [2.24, 2.45) is 0 Å². The quantitative estimate of drug-likeness (QED) is 0.433. The van der Waals surface area contributed by atoms with Crippen molar-refractivity contribution in [2.45, 2.75) is 5.54 Å². The van der Waals surface area contributed by atoms with Gasteiger partial charge in [-0.1, -0.05) is 78.9 Å². The standard InChI is InChI=1S/C24H17N5O/c30-22-20-21(26-14-25-20)27-23(28-22)29-24(15-8-2-1-3-9-15)18-12-6-4-10-16(18)17-11-5-7-13-19(17)24/h1-14H,(H3,25,26,27,28,29,30). The van der Waals surface area contributed by atoms with Gasteiger partial charge in [0.25, 0.3) is 5.56 Å². The van der Waals surface area contributed by atoms with Crippen LogP contribution in [0.2, 0.25) is 0 Å². The smallest absolute Gasteiger partial charge is 0.278 e. The minimum absolute atomic E-state index is 0.261. The molecule has 6 nitrogen and oxygen atoms in total. The number of H-pyrrole nitrogens is 2. The first-order valence-electron chi connectivity index (χ1n) is 9.74. The third kappa shape index (κ3) is 2.21. The molecule has 0 atom stereocenters. The number of anilines is 1. The Morgan fingerprint density at radius 1 is 0.800 bits per heavy atom. The van der Waals surface area contributed by atoms with Gasteiger partial charge in [-0.15, -0.1) is 0 Å². The highest BCUT2D eigenvalue weighted by Crippen LogP contribution is 2.52. The molecule has 3 N–H and O–H groups in total.